The second kappa shape index (κ2) is 6.47. The normalized spacial score (nSPS) is 17.1. The highest BCUT2D eigenvalue weighted by Crippen LogP contribution is 2.38. The predicted molar refractivity (Wildman–Crippen MR) is 71.1 cm³/mol. The molecule has 6 heteroatoms. The molecule has 2 nitrogen and oxygen atoms in total. The van der Waals surface area contributed by atoms with E-state index in [2.05, 4.69) is 5.32 Å². The molecule has 0 aliphatic carbocycles. The summed E-state index contributed by atoms with van der Waals surface area (Å²) in [5, 5.41) is 2.99. The summed E-state index contributed by atoms with van der Waals surface area (Å²) < 4.78 is 58.1. The number of hydrogen-bond donors (Lipinski definition) is 1. The van der Waals surface area contributed by atoms with Crippen LogP contribution in [-0.2, 0) is 10.9 Å². The van der Waals surface area contributed by atoms with E-state index < -0.39 is 23.6 Å². The van der Waals surface area contributed by atoms with Crippen LogP contribution in [0.5, 0.6) is 0 Å². The second-order valence-corrected chi connectivity index (χ2v) is 4.89. The fourth-order valence-electron chi connectivity index (χ4n) is 2.47. The Morgan fingerprint density at radius 3 is 2.67 bits per heavy atom. The Kier molecular flexibility index (Phi) is 4.88. The van der Waals surface area contributed by atoms with E-state index in [9.17, 15) is 17.6 Å². The van der Waals surface area contributed by atoms with Crippen LogP contribution in [0.2, 0.25) is 0 Å². The molecular formula is C15H17F4NO. The van der Waals surface area contributed by atoms with Crippen molar-refractivity contribution in [2.75, 3.05) is 13.2 Å². The van der Waals surface area contributed by atoms with Crippen molar-refractivity contribution in [3.8, 4) is 0 Å². The number of ether oxygens (including phenoxy) is 1. The molecule has 1 aromatic rings. The van der Waals surface area contributed by atoms with E-state index in [0.717, 1.165) is 24.6 Å². The number of nitrogens with one attached hydrogen (secondary N) is 1. The molecule has 0 amide bonds. The van der Waals surface area contributed by atoms with E-state index in [1.807, 2.05) is 0 Å². The largest absolute Gasteiger partial charge is 0.501 e. The third kappa shape index (κ3) is 3.75. The van der Waals surface area contributed by atoms with Gasteiger partial charge in [-0.2, -0.15) is 13.2 Å². The maximum atomic E-state index is 13.5. The van der Waals surface area contributed by atoms with Gasteiger partial charge in [0.05, 0.1) is 24.5 Å². The van der Waals surface area contributed by atoms with Gasteiger partial charge in [0.15, 0.2) is 0 Å². The Balaban J connectivity index is 2.48. The zero-order valence-electron chi connectivity index (χ0n) is 11.6. The quantitative estimate of drug-likeness (QED) is 0.842. The fraction of sp³-hybridized carbons (Fsp3) is 0.467. The van der Waals surface area contributed by atoms with Gasteiger partial charge in [0.2, 0.25) is 0 Å². The van der Waals surface area contributed by atoms with Crippen LogP contribution in [0.1, 0.15) is 36.9 Å². The van der Waals surface area contributed by atoms with Gasteiger partial charge in [0, 0.05) is 0 Å². The lowest BCUT2D eigenvalue weighted by Gasteiger charge is -2.27. The van der Waals surface area contributed by atoms with E-state index in [1.54, 1.807) is 6.92 Å². The molecule has 0 saturated heterocycles. The molecule has 1 aliphatic heterocycles. The van der Waals surface area contributed by atoms with Gasteiger partial charge in [0.1, 0.15) is 5.82 Å². The molecule has 2 rings (SSSR count). The van der Waals surface area contributed by atoms with Crippen LogP contribution in [0.15, 0.2) is 30.0 Å². The van der Waals surface area contributed by atoms with Crippen molar-refractivity contribution in [2.45, 2.75) is 32.0 Å². The monoisotopic (exact) mass is 303 g/mol. The van der Waals surface area contributed by atoms with Crippen LogP contribution >= 0.6 is 0 Å². The predicted octanol–water partition coefficient (Wildman–Crippen LogP) is 4.19. The SMILES string of the molecule is CCNC(C1=COCCC1)c1cc(F)ccc1C(F)(F)F. The lowest BCUT2D eigenvalue weighted by atomic mass is 9.91. The van der Waals surface area contributed by atoms with Gasteiger partial charge in [-0.1, -0.05) is 6.92 Å². The van der Waals surface area contributed by atoms with Crippen LogP contribution < -0.4 is 5.32 Å². The lowest BCUT2D eigenvalue weighted by Crippen LogP contribution is -2.27. The molecule has 1 aliphatic rings. The van der Waals surface area contributed by atoms with Crippen molar-refractivity contribution in [3.63, 3.8) is 0 Å². The first kappa shape index (κ1) is 15.8. The van der Waals surface area contributed by atoms with Crippen LogP contribution in [0.25, 0.3) is 0 Å². The summed E-state index contributed by atoms with van der Waals surface area (Å²) >= 11 is 0. The topological polar surface area (TPSA) is 21.3 Å². The lowest BCUT2D eigenvalue weighted by molar-refractivity contribution is -0.138. The zero-order chi connectivity index (χ0) is 15.5. The standard InChI is InChI=1S/C15H17F4NO/c1-2-20-14(10-4-3-7-21-9-10)12-8-11(16)5-6-13(12)15(17,18)19/h5-6,8-9,14,20H,2-4,7H2,1H3. The first-order chi connectivity index (χ1) is 9.93. The van der Waals surface area contributed by atoms with Crippen molar-refractivity contribution in [1.82, 2.24) is 5.32 Å². The highest BCUT2D eigenvalue weighted by molar-refractivity contribution is 5.38. The van der Waals surface area contributed by atoms with Gasteiger partial charge < -0.3 is 10.1 Å². The number of rotatable bonds is 4. The zero-order valence-corrected chi connectivity index (χ0v) is 11.6. The van der Waals surface area contributed by atoms with E-state index >= 15 is 0 Å². The molecule has 1 atom stereocenters. The molecule has 1 heterocycles. The molecule has 116 valence electrons. The first-order valence-electron chi connectivity index (χ1n) is 6.84. The van der Waals surface area contributed by atoms with E-state index in [-0.39, 0.29) is 5.56 Å². The highest BCUT2D eigenvalue weighted by atomic mass is 19.4. The van der Waals surface area contributed by atoms with Crippen LogP contribution in [0, 0.1) is 5.82 Å². The number of benzene rings is 1. The summed E-state index contributed by atoms with van der Waals surface area (Å²) in [6.45, 7) is 2.82. The molecule has 1 aromatic carbocycles. The van der Waals surface area contributed by atoms with Crippen LogP contribution in [-0.4, -0.2) is 13.2 Å². The molecular weight excluding hydrogens is 286 g/mol. The summed E-state index contributed by atoms with van der Waals surface area (Å²) in [5.41, 5.74) is -0.207. The van der Waals surface area contributed by atoms with Crippen LogP contribution in [0.4, 0.5) is 17.6 Å². The van der Waals surface area contributed by atoms with Crippen LogP contribution in [0.3, 0.4) is 0 Å². The summed E-state index contributed by atoms with van der Waals surface area (Å²) in [6, 6.07) is 1.88. The summed E-state index contributed by atoms with van der Waals surface area (Å²) in [7, 11) is 0. The molecule has 0 spiro atoms. The minimum absolute atomic E-state index is 0.0962. The first-order valence-corrected chi connectivity index (χ1v) is 6.84. The molecule has 21 heavy (non-hydrogen) atoms. The Labute approximate surface area is 120 Å². The Morgan fingerprint density at radius 2 is 2.10 bits per heavy atom. The minimum Gasteiger partial charge on any atom is -0.501 e. The van der Waals surface area contributed by atoms with E-state index in [4.69, 9.17) is 4.74 Å². The number of likely N-dealkylation sites (N-methyl/N-ethyl adjacent to an activating group) is 1. The van der Waals surface area contributed by atoms with Crippen molar-refractivity contribution < 1.29 is 22.3 Å². The third-order valence-corrected chi connectivity index (χ3v) is 3.37. The summed E-state index contributed by atoms with van der Waals surface area (Å²) in [5.74, 6) is -0.682. The molecule has 0 aromatic heterocycles. The van der Waals surface area contributed by atoms with Crippen molar-refractivity contribution in [1.29, 1.82) is 0 Å². The number of halogens is 4. The molecule has 0 radical (unpaired) electrons. The highest BCUT2D eigenvalue weighted by Gasteiger charge is 2.36. The van der Waals surface area contributed by atoms with Gasteiger partial charge in [-0.15, -0.1) is 0 Å². The Hall–Kier alpha value is -1.56. The second-order valence-electron chi connectivity index (χ2n) is 4.89. The van der Waals surface area contributed by atoms with E-state index in [0.29, 0.717) is 25.1 Å². The van der Waals surface area contributed by atoms with Gasteiger partial charge in [0.25, 0.3) is 0 Å². The molecule has 1 N–H and O–H groups in total. The maximum Gasteiger partial charge on any atom is 0.416 e. The van der Waals surface area contributed by atoms with Crippen molar-refractivity contribution >= 4 is 0 Å². The average molecular weight is 303 g/mol. The maximum absolute atomic E-state index is 13.5. The smallest absolute Gasteiger partial charge is 0.416 e. The van der Waals surface area contributed by atoms with Gasteiger partial charge >= 0.3 is 6.18 Å². The number of hydrogen-bond acceptors (Lipinski definition) is 2. The minimum atomic E-state index is -4.52. The third-order valence-electron chi connectivity index (χ3n) is 3.37. The van der Waals surface area contributed by atoms with Gasteiger partial charge in [-0.3, -0.25) is 0 Å². The Bertz CT molecular complexity index is 525. The van der Waals surface area contributed by atoms with Gasteiger partial charge in [-0.05, 0) is 48.7 Å². The molecule has 1 unspecified atom stereocenters. The number of alkyl halides is 3. The van der Waals surface area contributed by atoms with E-state index in [1.165, 1.54) is 6.26 Å². The molecule has 0 bridgehead atoms. The van der Waals surface area contributed by atoms with Crippen molar-refractivity contribution in [2.24, 2.45) is 0 Å². The average Bonchev–Trinajstić information content (AvgIpc) is 2.44. The Morgan fingerprint density at radius 1 is 1.33 bits per heavy atom. The summed E-state index contributed by atoms with van der Waals surface area (Å²) in [4.78, 5) is 0. The fourth-order valence-corrected chi connectivity index (χ4v) is 2.47. The molecule has 0 saturated carbocycles. The summed E-state index contributed by atoms with van der Waals surface area (Å²) in [6.07, 6.45) is -1.66. The molecule has 0 fully saturated rings. The van der Waals surface area contributed by atoms with Gasteiger partial charge in [-0.25, -0.2) is 4.39 Å². The van der Waals surface area contributed by atoms with Crippen molar-refractivity contribution in [3.05, 3.63) is 47.0 Å².